The van der Waals surface area contributed by atoms with E-state index in [2.05, 4.69) is 41.6 Å². The lowest BCUT2D eigenvalue weighted by molar-refractivity contribution is -0.140. The zero-order chi connectivity index (χ0) is 38.0. The number of likely N-dealkylation sites (N-methyl/N-ethyl adjacent to an activating group) is 1. The van der Waals surface area contributed by atoms with Crippen LogP contribution in [0, 0.1) is 5.92 Å². The molecule has 0 atom stereocenters. The fraction of sp³-hybridized carbons (Fsp3) is 0.657. The van der Waals surface area contributed by atoms with Gasteiger partial charge in [-0.15, -0.1) is 0 Å². The first kappa shape index (κ1) is 44.9. The van der Waals surface area contributed by atoms with Gasteiger partial charge in [0, 0.05) is 83.1 Å². The summed E-state index contributed by atoms with van der Waals surface area (Å²) in [4.78, 5) is 76.7. The molecule has 0 saturated carbocycles. The van der Waals surface area contributed by atoms with Crippen LogP contribution in [0.4, 0.5) is 0 Å². The average molecular weight is 722 g/mol. The third-order valence-electron chi connectivity index (χ3n) is 8.33. The molecule has 0 spiro atoms. The van der Waals surface area contributed by atoms with Crippen LogP contribution < -0.4 is 16.0 Å². The molecule has 1 heterocycles. The van der Waals surface area contributed by atoms with Crippen molar-refractivity contribution >= 4 is 36.1 Å². The van der Waals surface area contributed by atoms with Gasteiger partial charge in [0.1, 0.15) is 0 Å². The van der Waals surface area contributed by atoms with Gasteiger partial charge in [-0.25, -0.2) is 0 Å². The number of aliphatic carboxylic acids is 2. The van der Waals surface area contributed by atoms with E-state index in [1.165, 1.54) is 0 Å². The van der Waals surface area contributed by atoms with Crippen LogP contribution in [0.15, 0.2) is 24.3 Å². The van der Waals surface area contributed by atoms with Crippen molar-refractivity contribution in [1.29, 1.82) is 0 Å². The van der Waals surface area contributed by atoms with E-state index in [4.69, 9.17) is 9.90 Å². The number of carbonyl (C=O) groups excluding carboxylic acids is 3. The van der Waals surface area contributed by atoms with Gasteiger partial charge < -0.3 is 36.2 Å². The minimum atomic E-state index is -0.949. The molecular formula is C35H59N7O9. The minimum Gasteiger partial charge on any atom is -0.483 e. The first-order valence-corrected chi connectivity index (χ1v) is 17.7. The quantitative estimate of drug-likeness (QED) is 0.0907. The molecule has 2 rings (SSSR count). The van der Waals surface area contributed by atoms with E-state index < -0.39 is 11.9 Å². The topological polar surface area (TPSA) is 212 Å². The monoisotopic (exact) mass is 721 g/mol. The van der Waals surface area contributed by atoms with Gasteiger partial charge in [-0.2, -0.15) is 0 Å². The highest BCUT2D eigenvalue weighted by Crippen LogP contribution is 2.07. The first-order valence-electron chi connectivity index (χ1n) is 17.7. The first-order chi connectivity index (χ1) is 24.4. The second-order valence-corrected chi connectivity index (χ2v) is 12.8. The summed E-state index contributed by atoms with van der Waals surface area (Å²) in [7, 11) is 0. The van der Waals surface area contributed by atoms with Gasteiger partial charge in [-0.1, -0.05) is 20.8 Å². The Balaban J connectivity index is 0.00000418. The highest BCUT2D eigenvalue weighted by atomic mass is 16.4. The van der Waals surface area contributed by atoms with Gasteiger partial charge in [0.25, 0.3) is 18.3 Å². The molecule has 16 heteroatoms. The van der Waals surface area contributed by atoms with Crippen LogP contribution in [0.1, 0.15) is 67.2 Å². The lowest BCUT2D eigenvalue weighted by atomic mass is 10.1. The Bertz CT molecular complexity index is 1200. The maximum absolute atomic E-state index is 12.8. The van der Waals surface area contributed by atoms with Crippen LogP contribution in [0.3, 0.4) is 0 Å². The molecule has 1 aliphatic rings. The highest BCUT2D eigenvalue weighted by Gasteiger charge is 2.20. The SMILES string of the molecule is CCN1CCN(CC(=O)O)CCN(CC(=O)O)CCN(CC(=O)NCCCCNC(=O)c2ccc(C(=O)NCCCC(C)C)cc2)CC1.O=CO. The van der Waals surface area contributed by atoms with E-state index in [1.807, 2.05) is 9.80 Å². The molecule has 0 aliphatic carbocycles. The zero-order valence-electron chi connectivity index (χ0n) is 30.5. The molecule has 0 bridgehead atoms. The molecule has 51 heavy (non-hydrogen) atoms. The van der Waals surface area contributed by atoms with Crippen molar-refractivity contribution in [2.75, 3.05) is 98.2 Å². The lowest BCUT2D eigenvalue weighted by Gasteiger charge is -2.33. The minimum absolute atomic E-state index is 0.0921. The molecule has 1 aromatic carbocycles. The summed E-state index contributed by atoms with van der Waals surface area (Å²) < 4.78 is 0. The number of carboxylic acid groups (broad SMARTS) is 3. The normalized spacial score (nSPS) is 15.4. The second kappa shape index (κ2) is 26.7. The van der Waals surface area contributed by atoms with E-state index in [0.717, 1.165) is 19.4 Å². The van der Waals surface area contributed by atoms with Crippen molar-refractivity contribution < 1.29 is 44.1 Å². The van der Waals surface area contributed by atoms with Gasteiger partial charge >= 0.3 is 11.9 Å². The fourth-order valence-electron chi connectivity index (χ4n) is 5.38. The number of hydrogen-bond acceptors (Lipinski definition) is 10. The van der Waals surface area contributed by atoms with Crippen molar-refractivity contribution in [2.45, 2.75) is 46.5 Å². The Morgan fingerprint density at radius 1 is 0.647 bits per heavy atom. The highest BCUT2D eigenvalue weighted by molar-refractivity contribution is 5.97. The standard InChI is InChI=1S/C34H57N7O7.CH2O2/c1-4-38-16-18-39(20-21-41(26-32(45)46)23-22-40(19-17-38)25-31(43)44)24-30(42)35-13-5-6-14-36-33(47)28-9-11-29(12-10-28)34(48)37-15-7-8-27(2)3;2-1-3/h9-12,27H,4-8,13-26H2,1-3H3,(H,35,42)(H,36,47)(H,37,48)(H,43,44)(H,45,46);1H,(H,2,3). The van der Waals surface area contributed by atoms with Crippen LogP contribution in [0.5, 0.6) is 0 Å². The predicted octanol–water partition coefficient (Wildman–Crippen LogP) is 0.590. The number of unbranched alkanes of at least 4 members (excludes halogenated alkanes) is 1. The number of benzene rings is 1. The summed E-state index contributed by atoms with van der Waals surface area (Å²) in [5.74, 6) is -1.74. The van der Waals surface area contributed by atoms with Gasteiger partial charge in [-0.05, 0) is 62.4 Å². The van der Waals surface area contributed by atoms with Gasteiger partial charge in [0.05, 0.1) is 19.6 Å². The molecule has 288 valence electrons. The third-order valence-corrected chi connectivity index (χ3v) is 8.33. The molecule has 3 amide bonds. The number of carbonyl (C=O) groups is 6. The van der Waals surface area contributed by atoms with E-state index in [1.54, 1.807) is 29.2 Å². The molecule has 0 radical (unpaired) electrons. The zero-order valence-corrected chi connectivity index (χ0v) is 30.5. The Labute approximate surface area is 301 Å². The van der Waals surface area contributed by atoms with Crippen molar-refractivity contribution in [3.05, 3.63) is 35.4 Å². The summed E-state index contributed by atoms with van der Waals surface area (Å²) in [5, 5.41) is 34.3. The largest absolute Gasteiger partial charge is 0.483 e. The predicted molar refractivity (Wildman–Crippen MR) is 193 cm³/mol. The number of nitrogens with one attached hydrogen (secondary N) is 3. The summed E-state index contributed by atoms with van der Waals surface area (Å²) in [6.45, 7) is 12.8. The summed E-state index contributed by atoms with van der Waals surface area (Å²) in [6, 6.07) is 6.59. The fourth-order valence-corrected chi connectivity index (χ4v) is 5.38. The maximum Gasteiger partial charge on any atom is 0.317 e. The molecule has 0 unspecified atom stereocenters. The Morgan fingerprint density at radius 2 is 1.00 bits per heavy atom. The molecule has 1 saturated heterocycles. The molecule has 0 aromatic heterocycles. The number of rotatable bonds is 18. The molecular weight excluding hydrogens is 662 g/mol. The summed E-state index contributed by atoms with van der Waals surface area (Å²) in [5.41, 5.74) is 0.996. The van der Waals surface area contributed by atoms with Crippen LogP contribution in [-0.2, 0) is 19.2 Å². The van der Waals surface area contributed by atoms with E-state index in [9.17, 15) is 34.2 Å². The maximum atomic E-state index is 12.8. The van der Waals surface area contributed by atoms with Crippen LogP contribution in [0.2, 0.25) is 0 Å². The summed E-state index contributed by atoms with van der Waals surface area (Å²) in [6.07, 6.45) is 3.35. The second-order valence-electron chi connectivity index (χ2n) is 12.8. The van der Waals surface area contributed by atoms with E-state index >= 15 is 0 Å². The molecule has 6 N–H and O–H groups in total. The summed E-state index contributed by atoms with van der Waals surface area (Å²) >= 11 is 0. The van der Waals surface area contributed by atoms with Crippen LogP contribution >= 0.6 is 0 Å². The Hall–Kier alpha value is -4.12. The van der Waals surface area contributed by atoms with Gasteiger partial charge in [0.2, 0.25) is 5.91 Å². The van der Waals surface area contributed by atoms with Crippen molar-refractivity contribution in [3.8, 4) is 0 Å². The third kappa shape index (κ3) is 21.6. The van der Waals surface area contributed by atoms with Gasteiger partial charge in [0.15, 0.2) is 0 Å². The number of nitrogens with zero attached hydrogens (tertiary/aromatic N) is 4. The molecule has 1 fully saturated rings. The lowest BCUT2D eigenvalue weighted by Crippen LogP contribution is -2.49. The molecule has 1 aromatic rings. The Morgan fingerprint density at radius 3 is 1.37 bits per heavy atom. The van der Waals surface area contributed by atoms with E-state index in [0.29, 0.717) is 102 Å². The number of carboxylic acids is 2. The smallest absolute Gasteiger partial charge is 0.317 e. The molecule has 1 aliphatic heterocycles. The average Bonchev–Trinajstić information content (AvgIpc) is 3.08. The van der Waals surface area contributed by atoms with E-state index in [-0.39, 0.29) is 43.8 Å². The van der Waals surface area contributed by atoms with Crippen LogP contribution in [0.25, 0.3) is 0 Å². The van der Waals surface area contributed by atoms with Crippen LogP contribution in [-0.4, -0.2) is 169 Å². The number of hydrogen-bond donors (Lipinski definition) is 6. The number of amides is 3. The van der Waals surface area contributed by atoms with Crippen molar-refractivity contribution in [2.24, 2.45) is 5.92 Å². The van der Waals surface area contributed by atoms with Crippen molar-refractivity contribution in [3.63, 3.8) is 0 Å². The van der Waals surface area contributed by atoms with Gasteiger partial charge in [-0.3, -0.25) is 43.5 Å². The molecule has 16 nitrogen and oxygen atoms in total. The Kier molecular flexibility index (Phi) is 23.5. The van der Waals surface area contributed by atoms with Crippen molar-refractivity contribution in [1.82, 2.24) is 35.6 Å².